The van der Waals surface area contributed by atoms with Crippen LogP contribution in [0.5, 0.6) is 11.5 Å². The van der Waals surface area contributed by atoms with E-state index >= 15 is 0 Å². The average Bonchev–Trinajstić information content (AvgIpc) is 2.40. The molecule has 0 spiro atoms. The molecule has 18 heavy (non-hydrogen) atoms. The average molecular weight is 353 g/mol. The fourth-order valence-corrected chi connectivity index (χ4v) is 2.14. The lowest BCUT2D eigenvalue weighted by atomic mass is 10.2. The normalized spacial score (nSPS) is 10.3. The van der Waals surface area contributed by atoms with Gasteiger partial charge in [0.2, 0.25) is 0 Å². The molecular weight excluding hydrogens is 337 g/mol. The van der Waals surface area contributed by atoms with Gasteiger partial charge in [-0.2, -0.15) is 0 Å². The van der Waals surface area contributed by atoms with Crippen LogP contribution in [0.15, 0.2) is 48.5 Å². The Morgan fingerprint density at radius 1 is 1.11 bits per heavy atom. The number of hydrogen-bond acceptors (Lipinski definition) is 2. The van der Waals surface area contributed by atoms with Gasteiger partial charge in [0.15, 0.2) is 0 Å². The van der Waals surface area contributed by atoms with Gasteiger partial charge in [0.1, 0.15) is 11.5 Å². The van der Waals surface area contributed by atoms with Gasteiger partial charge in [-0.15, -0.1) is 0 Å². The Morgan fingerprint density at radius 3 is 2.72 bits per heavy atom. The van der Waals surface area contributed by atoms with Crippen molar-refractivity contribution >= 4 is 22.6 Å². The summed E-state index contributed by atoms with van der Waals surface area (Å²) in [6.45, 7) is 3.95. The van der Waals surface area contributed by atoms with Gasteiger partial charge in [0, 0.05) is 6.54 Å². The van der Waals surface area contributed by atoms with Crippen molar-refractivity contribution in [2.45, 2.75) is 13.5 Å². The molecule has 2 rings (SSSR count). The van der Waals surface area contributed by atoms with E-state index in [9.17, 15) is 0 Å². The molecule has 1 N–H and O–H groups in total. The van der Waals surface area contributed by atoms with Gasteiger partial charge in [-0.05, 0) is 59.0 Å². The summed E-state index contributed by atoms with van der Waals surface area (Å²) in [6.07, 6.45) is 0. The molecule has 94 valence electrons. The number of rotatable bonds is 5. The minimum absolute atomic E-state index is 0.875. The first-order chi connectivity index (χ1) is 8.79. The maximum atomic E-state index is 5.89. The highest BCUT2D eigenvalue weighted by atomic mass is 127. The predicted octanol–water partition coefficient (Wildman–Crippen LogP) is 4.19. The van der Waals surface area contributed by atoms with Crippen molar-refractivity contribution in [3.05, 3.63) is 57.7 Å². The minimum Gasteiger partial charge on any atom is -0.456 e. The van der Waals surface area contributed by atoms with E-state index in [0.717, 1.165) is 28.2 Å². The number of benzene rings is 2. The van der Waals surface area contributed by atoms with Crippen LogP contribution in [0.4, 0.5) is 0 Å². The molecule has 2 nitrogen and oxygen atoms in total. The maximum absolute atomic E-state index is 5.89. The van der Waals surface area contributed by atoms with Gasteiger partial charge in [-0.1, -0.05) is 31.2 Å². The van der Waals surface area contributed by atoms with E-state index in [1.165, 1.54) is 5.56 Å². The van der Waals surface area contributed by atoms with Crippen LogP contribution in [0.1, 0.15) is 12.5 Å². The van der Waals surface area contributed by atoms with Crippen LogP contribution in [0, 0.1) is 3.57 Å². The molecule has 0 unspecified atom stereocenters. The van der Waals surface area contributed by atoms with Crippen molar-refractivity contribution in [3.63, 3.8) is 0 Å². The second-order valence-corrected chi connectivity index (χ2v) is 5.12. The zero-order valence-electron chi connectivity index (χ0n) is 10.3. The molecule has 0 aliphatic carbocycles. The lowest BCUT2D eigenvalue weighted by Crippen LogP contribution is -2.11. The van der Waals surface area contributed by atoms with Crippen molar-refractivity contribution in [3.8, 4) is 11.5 Å². The quantitative estimate of drug-likeness (QED) is 0.814. The topological polar surface area (TPSA) is 21.3 Å². The van der Waals surface area contributed by atoms with Crippen LogP contribution in [0.25, 0.3) is 0 Å². The molecule has 0 amide bonds. The van der Waals surface area contributed by atoms with E-state index in [-0.39, 0.29) is 0 Å². The molecule has 0 bridgehead atoms. The van der Waals surface area contributed by atoms with Crippen LogP contribution in [0.3, 0.4) is 0 Å². The van der Waals surface area contributed by atoms with Crippen LogP contribution >= 0.6 is 22.6 Å². The van der Waals surface area contributed by atoms with Gasteiger partial charge >= 0.3 is 0 Å². The smallest absolute Gasteiger partial charge is 0.140 e. The highest BCUT2D eigenvalue weighted by Crippen LogP contribution is 2.26. The Labute approximate surface area is 122 Å². The lowest BCUT2D eigenvalue weighted by Gasteiger charge is -2.09. The van der Waals surface area contributed by atoms with Crippen LogP contribution < -0.4 is 10.1 Å². The molecule has 3 heteroatoms. The fourth-order valence-electron chi connectivity index (χ4n) is 1.64. The summed E-state index contributed by atoms with van der Waals surface area (Å²) < 4.78 is 7.01. The van der Waals surface area contributed by atoms with Gasteiger partial charge in [-0.3, -0.25) is 0 Å². The number of para-hydroxylation sites is 1. The van der Waals surface area contributed by atoms with Gasteiger partial charge < -0.3 is 10.1 Å². The summed E-state index contributed by atoms with van der Waals surface area (Å²) in [6, 6.07) is 16.2. The largest absolute Gasteiger partial charge is 0.456 e. The third kappa shape index (κ3) is 3.71. The van der Waals surface area contributed by atoms with E-state index in [1.807, 2.05) is 36.4 Å². The van der Waals surface area contributed by atoms with Crippen LogP contribution in [-0.2, 0) is 6.54 Å². The number of ether oxygens (including phenoxy) is 1. The summed E-state index contributed by atoms with van der Waals surface area (Å²) in [5.74, 6) is 1.79. The lowest BCUT2D eigenvalue weighted by molar-refractivity contribution is 0.478. The predicted molar refractivity (Wildman–Crippen MR) is 83.1 cm³/mol. The summed E-state index contributed by atoms with van der Waals surface area (Å²) in [5, 5.41) is 3.31. The van der Waals surface area contributed by atoms with Gasteiger partial charge in [-0.25, -0.2) is 0 Å². The van der Waals surface area contributed by atoms with Gasteiger partial charge in [0.25, 0.3) is 0 Å². The van der Waals surface area contributed by atoms with Crippen LogP contribution in [0.2, 0.25) is 0 Å². The van der Waals surface area contributed by atoms with Crippen molar-refractivity contribution in [2.24, 2.45) is 0 Å². The molecular formula is C15H16INO. The first kappa shape index (κ1) is 13.4. The molecule has 0 radical (unpaired) electrons. The highest BCUT2D eigenvalue weighted by Gasteiger charge is 2.02. The summed E-state index contributed by atoms with van der Waals surface area (Å²) in [5.41, 5.74) is 1.24. The molecule has 0 heterocycles. The monoisotopic (exact) mass is 353 g/mol. The number of hydrogen-bond donors (Lipinski definition) is 1. The molecule has 0 fully saturated rings. The summed E-state index contributed by atoms with van der Waals surface area (Å²) >= 11 is 2.28. The highest BCUT2D eigenvalue weighted by molar-refractivity contribution is 14.1. The van der Waals surface area contributed by atoms with E-state index in [0.29, 0.717) is 0 Å². The molecule has 2 aromatic carbocycles. The Kier molecular flexibility index (Phi) is 5.01. The minimum atomic E-state index is 0.875. The van der Waals surface area contributed by atoms with Crippen molar-refractivity contribution in [1.82, 2.24) is 5.32 Å². The second kappa shape index (κ2) is 6.75. The van der Waals surface area contributed by atoms with Crippen LogP contribution in [-0.4, -0.2) is 6.54 Å². The Balaban J connectivity index is 2.12. The first-order valence-electron chi connectivity index (χ1n) is 6.01. The van der Waals surface area contributed by atoms with Gasteiger partial charge in [0.05, 0.1) is 3.57 Å². The summed E-state index contributed by atoms with van der Waals surface area (Å²) in [4.78, 5) is 0. The SMILES string of the molecule is CCNCc1cccc(Oc2ccccc2I)c1. The van der Waals surface area contributed by atoms with Crippen molar-refractivity contribution in [1.29, 1.82) is 0 Å². The molecule has 0 saturated heterocycles. The van der Waals surface area contributed by atoms with E-state index < -0.39 is 0 Å². The Hall–Kier alpha value is -1.07. The third-order valence-corrected chi connectivity index (χ3v) is 3.43. The molecule has 0 saturated carbocycles. The van der Waals surface area contributed by atoms with Crippen molar-refractivity contribution < 1.29 is 4.74 Å². The fraction of sp³-hybridized carbons (Fsp3) is 0.200. The first-order valence-corrected chi connectivity index (χ1v) is 7.09. The molecule has 0 aromatic heterocycles. The zero-order valence-corrected chi connectivity index (χ0v) is 12.5. The Bertz CT molecular complexity index is 513. The van der Waals surface area contributed by atoms with E-state index in [4.69, 9.17) is 4.74 Å². The molecule has 2 aromatic rings. The van der Waals surface area contributed by atoms with E-state index in [1.54, 1.807) is 0 Å². The standard InChI is InChI=1S/C15H16INO/c1-2-17-11-12-6-5-7-13(10-12)18-15-9-4-3-8-14(15)16/h3-10,17H,2,11H2,1H3. The zero-order chi connectivity index (χ0) is 12.8. The number of halogens is 1. The third-order valence-electron chi connectivity index (χ3n) is 2.54. The van der Waals surface area contributed by atoms with E-state index in [2.05, 4.69) is 47.0 Å². The Morgan fingerprint density at radius 2 is 1.94 bits per heavy atom. The maximum Gasteiger partial charge on any atom is 0.140 e. The second-order valence-electron chi connectivity index (χ2n) is 3.96. The molecule has 0 aliphatic rings. The molecule has 0 aliphatic heterocycles. The molecule has 0 atom stereocenters. The number of nitrogens with one attached hydrogen (secondary N) is 1. The van der Waals surface area contributed by atoms with Crippen molar-refractivity contribution in [2.75, 3.05) is 6.54 Å². The summed E-state index contributed by atoms with van der Waals surface area (Å²) in [7, 11) is 0.